The third kappa shape index (κ3) is 6.86. The van der Waals surface area contributed by atoms with Crippen molar-refractivity contribution in [2.75, 3.05) is 63.9 Å². The topological polar surface area (TPSA) is 52.1 Å². The fourth-order valence-corrected chi connectivity index (χ4v) is 4.12. The molecule has 0 amide bonds. The number of hydrogen-bond acceptors (Lipinski definition) is 5. The first-order chi connectivity index (χ1) is 12.3. The van der Waals surface area contributed by atoms with Crippen molar-refractivity contribution in [2.45, 2.75) is 25.8 Å². The highest BCUT2D eigenvalue weighted by Gasteiger charge is 2.20. The van der Waals surface area contributed by atoms with E-state index in [4.69, 9.17) is 9.73 Å². The van der Waals surface area contributed by atoms with Crippen molar-refractivity contribution in [1.29, 1.82) is 0 Å². The highest BCUT2D eigenvalue weighted by molar-refractivity contribution is 14.0. The van der Waals surface area contributed by atoms with Crippen LogP contribution in [0.25, 0.3) is 0 Å². The lowest BCUT2D eigenvalue weighted by molar-refractivity contribution is 0.0394. The maximum Gasteiger partial charge on any atom is 0.191 e. The minimum Gasteiger partial charge on any atom is -0.379 e. The Kier molecular flexibility index (Phi) is 10.0. The lowest BCUT2D eigenvalue weighted by Gasteiger charge is -2.33. The fourth-order valence-electron chi connectivity index (χ4n) is 3.34. The molecule has 1 aromatic heterocycles. The van der Waals surface area contributed by atoms with Crippen LogP contribution in [0.1, 0.15) is 19.8 Å². The second-order valence-electron chi connectivity index (χ2n) is 6.57. The Labute approximate surface area is 178 Å². The molecule has 6 nitrogen and oxygen atoms in total. The zero-order valence-electron chi connectivity index (χ0n) is 15.7. The van der Waals surface area contributed by atoms with Gasteiger partial charge in [0.15, 0.2) is 5.96 Å². The monoisotopic (exact) mass is 493 g/mol. The van der Waals surface area contributed by atoms with Crippen LogP contribution in [0.4, 0.5) is 5.00 Å². The first kappa shape index (κ1) is 21.7. The van der Waals surface area contributed by atoms with Gasteiger partial charge in [-0.3, -0.25) is 9.89 Å². The number of nitrogens with zero attached hydrogens (tertiary/aromatic N) is 3. The third-order valence-electron chi connectivity index (χ3n) is 4.79. The molecule has 2 fully saturated rings. The Bertz CT molecular complexity index is 514. The number of nitrogens with one attached hydrogen (secondary N) is 2. The van der Waals surface area contributed by atoms with Crippen LogP contribution in [0.2, 0.25) is 0 Å². The normalized spacial score (nSPS) is 19.9. The summed E-state index contributed by atoms with van der Waals surface area (Å²) in [6, 6.07) is 4.86. The molecule has 26 heavy (non-hydrogen) atoms. The standard InChI is InChI=1S/C18H31N5OS.HI/c1-2-19-18(20-7-10-22-11-13-24-14-12-22)21-16-5-8-23(9-6-16)17-4-3-15-25-17;/h3-4,15-16H,2,5-14H2,1H3,(H2,19,20,21);1H. The van der Waals surface area contributed by atoms with Crippen molar-refractivity contribution in [3.05, 3.63) is 17.5 Å². The summed E-state index contributed by atoms with van der Waals surface area (Å²) in [5.41, 5.74) is 0. The Morgan fingerprint density at radius 1 is 1.27 bits per heavy atom. The molecule has 8 heteroatoms. The maximum atomic E-state index is 5.40. The summed E-state index contributed by atoms with van der Waals surface area (Å²) in [5, 5.41) is 10.6. The van der Waals surface area contributed by atoms with Gasteiger partial charge < -0.3 is 20.3 Å². The number of halogens is 1. The lowest BCUT2D eigenvalue weighted by Crippen LogP contribution is -2.49. The average Bonchev–Trinajstić information content (AvgIpc) is 3.18. The van der Waals surface area contributed by atoms with Gasteiger partial charge in [0, 0.05) is 45.3 Å². The lowest BCUT2D eigenvalue weighted by atomic mass is 10.1. The molecule has 0 aromatic carbocycles. The molecule has 148 valence electrons. The molecule has 0 aliphatic carbocycles. The van der Waals surface area contributed by atoms with Crippen LogP contribution < -0.4 is 15.5 Å². The number of rotatable bonds is 6. The molecule has 2 aliphatic heterocycles. The minimum absolute atomic E-state index is 0. The number of aliphatic imine (C=N–C) groups is 1. The summed E-state index contributed by atoms with van der Waals surface area (Å²) >= 11 is 1.83. The van der Waals surface area contributed by atoms with E-state index in [0.717, 1.165) is 77.8 Å². The molecule has 0 atom stereocenters. The molecule has 0 spiro atoms. The van der Waals surface area contributed by atoms with Crippen molar-refractivity contribution < 1.29 is 4.74 Å². The molecule has 0 unspecified atom stereocenters. The van der Waals surface area contributed by atoms with Gasteiger partial charge in [0.05, 0.1) is 24.8 Å². The molecule has 0 bridgehead atoms. The van der Waals surface area contributed by atoms with Crippen molar-refractivity contribution in [2.24, 2.45) is 4.99 Å². The van der Waals surface area contributed by atoms with E-state index in [1.807, 2.05) is 11.3 Å². The van der Waals surface area contributed by atoms with Crippen molar-refractivity contribution in [3.63, 3.8) is 0 Å². The van der Waals surface area contributed by atoms with Gasteiger partial charge in [0.25, 0.3) is 0 Å². The zero-order chi connectivity index (χ0) is 17.3. The van der Waals surface area contributed by atoms with Crippen molar-refractivity contribution >= 4 is 46.3 Å². The number of guanidine groups is 1. The summed E-state index contributed by atoms with van der Waals surface area (Å²) in [6.45, 7) is 10.9. The Hall–Kier alpha value is -0.580. The van der Waals surface area contributed by atoms with E-state index in [2.05, 4.69) is 44.9 Å². The summed E-state index contributed by atoms with van der Waals surface area (Å²) in [7, 11) is 0. The first-order valence-corrected chi connectivity index (χ1v) is 10.4. The molecular weight excluding hydrogens is 461 g/mol. The molecule has 2 N–H and O–H groups in total. The van der Waals surface area contributed by atoms with Crippen LogP contribution in [-0.2, 0) is 4.74 Å². The molecule has 2 saturated heterocycles. The predicted molar refractivity (Wildman–Crippen MR) is 121 cm³/mol. The van der Waals surface area contributed by atoms with Gasteiger partial charge in [-0.15, -0.1) is 35.3 Å². The number of anilines is 1. The van der Waals surface area contributed by atoms with Crippen LogP contribution in [0.5, 0.6) is 0 Å². The zero-order valence-corrected chi connectivity index (χ0v) is 18.8. The molecular formula is C18H32IN5OS. The molecule has 2 aliphatic rings. The Morgan fingerprint density at radius 3 is 2.69 bits per heavy atom. The van der Waals surface area contributed by atoms with Crippen LogP contribution in [-0.4, -0.2) is 75.9 Å². The van der Waals surface area contributed by atoms with E-state index in [0.29, 0.717) is 6.04 Å². The largest absolute Gasteiger partial charge is 0.379 e. The Balaban J connectivity index is 0.00000243. The summed E-state index contributed by atoms with van der Waals surface area (Å²) in [6.07, 6.45) is 2.32. The number of ether oxygens (including phenoxy) is 1. The van der Waals surface area contributed by atoms with Gasteiger partial charge >= 0.3 is 0 Å². The van der Waals surface area contributed by atoms with Crippen molar-refractivity contribution in [3.8, 4) is 0 Å². The van der Waals surface area contributed by atoms with Gasteiger partial charge in [0.2, 0.25) is 0 Å². The number of hydrogen-bond donors (Lipinski definition) is 2. The third-order valence-corrected chi connectivity index (χ3v) is 5.72. The van der Waals surface area contributed by atoms with E-state index < -0.39 is 0 Å². The Morgan fingerprint density at radius 2 is 2.04 bits per heavy atom. The highest BCUT2D eigenvalue weighted by Crippen LogP contribution is 2.24. The fraction of sp³-hybridized carbons (Fsp3) is 0.722. The van der Waals surface area contributed by atoms with Gasteiger partial charge in [-0.25, -0.2) is 0 Å². The maximum absolute atomic E-state index is 5.40. The van der Waals surface area contributed by atoms with E-state index in [9.17, 15) is 0 Å². The first-order valence-electron chi connectivity index (χ1n) is 9.48. The molecule has 3 heterocycles. The van der Waals surface area contributed by atoms with E-state index >= 15 is 0 Å². The SMILES string of the molecule is CCNC(=NCCN1CCOCC1)NC1CCN(c2cccs2)CC1.I. The number of morpholine rings is 1. The smallest absolute Gasteiger partial charge is 0.191 e. The van der Waals surface area contributed by atoms with Gasteiger partial charge in [0.1, 0.15) is 0 Å². The summed E-state index contributed by atoms with van der Waals surface area (Å²) < 4.78 is 5.40. The van der Waals surface area contributed by atoms with Gasteiger partial charge in [-0.05, 0) is 37.3 Å². The van der Waals surface area contributed by atoms with E-state index in [-0.39, 0.29) is 24.0 Å². The molecule has 3 rings (SSSR count). The summed E-state index contributed by atoms with van der Waals surface area (Å²) in [5.74, 6) is 0.963. The second-order valence-corrected chi connectivity index (χ2v) is 7.50. The predicted octanol–water partition coefficient (Wildman–Crippen LogP) is 2.22. The molecule has 0 saturated carbocycles. The number of piperidine rings is 1. The molecule has 0 radical (unpaired) electrons. The van der Waals surface area contributed by atoms with Crippen molar-refractivity contribution in [1.82, 2.24) is 15.5 Å². The molecule has 1 aromatic rings. The van der Waals surface area contributed by atoms with Crippen LogP contribution in [0.3, 0.4) is 0 Å². The average molecular weight is 493 g/mol. The minimum atomic E-state index is 0. The van der Waals surface area contributed by atoms with E-state index in [1.54, 1.807) is 0 Å². The summed E-state index contributed by atoms with van der Waals surface area (Å²) in [4.78, 5) is 9.69. The van der Waals surface area contributed by atoms with E-state index in [1.165, 1.54) is 5.00 Å². The highest BCUT2D eigenvalue weighted by atomic mass is 127. The van der Waals surface area contributed by atoms with Crippen LogP contribution >= 0.6 is 35.3 Å². The van der Waals surface area contributed by atoms with Crippen LogP contribution in [0, 0.1) is 0 Å². The quantitative estimate of drug-likeness (QED) is 0.362. The number of thiophene rings is 1. The van der Waals surface area contributed by atoms with Gasteiger partial charge in [-0.2, -0.15) is 0 Å². The second kappa shape index (κ2) is 12.0. The van der Waals surface area contributed by atoms with Crippen LogP contribution in [0.15, 0.2) is 22.5 Å². The van der Waals surface area contributed by atoms with Gasteiger partial charge in [-0.1, -0.05) is 0 Å².